The van der Waals surface area contributed by atoms with Crippen LogP contribution in [0.3, 0.4) is 0 Å². The summed E-state index contributed by atoms with van der Waals surface area (Å²) in [6.07, 6.45) is 2.18. The summed E-state index contributed by atoms with van der Waals surface area (Å²) < 4.78 is 3.97. The maximum Gasteiger partial charge on any atom is 0.203 e. The van der Waals surface area contributed by atoms with Crippen LogP contribution in [0.15, 0.2) is 0 Å². The van der Waals surface area contributed by atoms with Gasteiger partial charge in [-0.3, -0.25) is 9.25 Å². The average Bonchev–Trinajstić information content (AvgIpc) is 2.66. The van der Waals surface area contributed by atoms with Crippen molar-refractivity contribution in [1.82, 2.24) is 19.3 Å². The van der Waals surface area contributed by atoms with Crippen molar-refractivity contribution >= 4 is 17.1 Å². The third kappa shape index (κ3) is 1.69. The van der Waals surface area contributed by atoms with E-state index in [1.54, 1.807) is 0 Å². The second-order valence-electron chi connectivity index (χ2n) is 5.25. The van der Waals surface area contributed by atoms with Gasteiger partial charge >= 0.3 is 0 Å². The summed E-state index contributed by atoms with van der Waals surface area (Å²) in [7, 11) is 1.94. The Labute approximate surface area is 102 Å². The number of aryl methyl sites for hydroxylation is 2. The Morgan fingerprint density at radius 1 is 1.35 bits per heavy atom. The second kappa shape index (κ2) is 3.75. The van der Waals surface area contributed by atoms with Crippen molar-refractivity contribution < 1.29 is 0 Å². The van der Waals surface area contributed by atoms with Crippen molar-refractivity contribution in [3.05, 3.63) is 5.69 Å². The highest BCUT2D eigenvalue weighted by atomic mass is 15.4. The molecule has 2 heterocycles. The van der Waals surface area contributed by atoms with E-state index in [9.17, 15) is 0 Å². The molecule has 2 rings (SSSR count). The summed E-state index contributed by atoms with van der Waals surface area (Å²) in [4.78, 5) is 4.44. The van der Waals surface area contributed by atoms with Crippen molar-refractivity contribution in [3.8, 4) is 0 Å². The molecule has 0 unspecified atom stereocenters. The predicted molar refractivity (Wildman–Crippen MR) is 69.9 cm³/mol. The zero-order chi connectivity index (χ0) is 12.8. The third-order valence-electron chi connectivity index (χ3n) is 3.30. The second-order valence-corrected chi connectivity index (χ2v) is 5.25. The van der Waals surface area contributed by atoms with E-state index in [2.05, 4.69) is 35.4 Å². The molecular formula is C12H21N5. The van der Waals surface area contributed by atoms with E-state index in [0.717, 1.165) is 29.7 Å². The van der Waals surface area contributed by atoms with E-state index in [1.165, 1.54) is 0 Å². The van der Waals surface area contributed by atoms with Gasteiger partial charge in [0.2, 0.25) is 5.95 Å². The summed E-state index contributed by atoms with van der Waals surface area (Å²) in [6.45, 7) is 8.53. The molecule has 0 fully saturated rings. The Bertz CT molecular complexity index is 547. The van der Waals surface area contributed by atoms with Crippen molar-refractivity contribution in [3.63, 3.8) is 0 Å². The normalized spacial score (nSPS) is 12.5. The number of nitrogens with two attached hydrogens (primary N) is 1. The molecule has 0 bridgehead atoms. The fourth-order valence-corrected chi connectivity index (χ4v) is 2.61. The van der Waals surface area contributed by atoms with Crippen LogP contribution in [0.4, 0.5) is 5.95 Å². The van der Waals surface area contributed by atoms with Gasteiger partial charge in [0.15, 0.2) is 5.65 Å². The first-order valence-corrected chi connectivity index (χ1v) is 6.06. The Morgan fingerprint density at radius 2 is 2.00 bits per heavy atom. The van der Waals surface area contributed by atoms with Gasteiger partial charge in [0, 0.05) is 12.6 Å². The minimum absolute atomic E-state index is 0.0339. The molecule has 94 valence electrons. The van der Waals surface area contributed by atoms with Gasteiger partial charge in [0.05, 0.1) is 5.69 Å². The van der Waals surface area contributed by atoms with Crippen molar-refractivity contribution in [2.24, 2.45) is 7.05 Å². The topological polar surface area (TPSA) is 61.7 Å². The highest BCUT2D eigenvalue weighted by Crippen LogP contribution is 2.30. The average molecular weight is 235 g/mol. The lowest BCUT2D eigenvalue weighted by atomic mass is 9.98. The van der Waals surface area contributed by atoms with E-state index in [1.807, 2.05) is 18.7 Å². The quantitative estimate of drug-likeness (QED) is 0.887. The molecule has 0 saturated carbocycles. The molecule has 0 radical (unpaired) electrons. The van der Waals surface area contributed by atoms with Gasteiger partial charge in [0.25, 0.3) is 0 Å². The molecule has 0 aliphatic rings. The van der Waals surface area contributed by atoms with Crippen molar-refractivity contribution in [2.45, 2.75) is 46.1 Å². The number of fused-ring (bicyclic) bond motifs is 1. The number of rotatable bonds is 3. The van der Waals surface area contributed by atoms with Crippen LogP contribution in [0.25, 0.3) is 11.2 Å². The summed E-state index contributed by atoms with van der Waals surface area (Å²) in [5.74, 6) is 0.578. The zero-order valence-electron chi connectivity index (χ0n) is 11.3. The van der Waals surface area contributed by atoms with Crippen molar-refractivity contribution in [2.75, 3.05) is 5.73 Å². The molecule has 17 heavy (non-hydrogen) atoms. The van der Waals surface area contributed by atoms with Crippen LogP contribution in [0.2, 0.25) is 0 Å². The van der Waals surface area contributed by atoms with Crippen LogP contribution in [0.5, 0.6) is 0 Å². The summed E-state index contributed by atoms with van der Waals surface area (Å²) in [6, 6.07) is 0. The Kier molecular flexibility index (Phi) is 2.64. The minimum Gasteiger partial charge on any atom is -0.369 e. The third-order valence-corrected chi connectivity index (χ3v) is 3.30. The summed E-state index contributed by atoms with van der Waals surface area (Å²) >= 11 is 0. The molecular weight excluding hydrogens is 214 g/mol. The van der Waals surface area contributed by atoms with E-state index >= 15 is 0 Å². The maximum atomic E-state index is 6.06. The molecule has 2 aromatic heterocycles. The monoisotopic (exact) mass is 235 g/mol. The molecule has 0 aliphatic carbocycles. The smallest absolute Gasteiger partial charge is 0.203 e. The van der Waals surface area contributed by atoms with E-state index in [0.29, 0.717) is 5.95 Å². The van der Waals surface area contributed by atoms with E-state index < -0.39 is 0 Å². The highest BCUT2D eigenvalue weighted by molar-refractivity contribution is 5.77. The molecule has 0 spiro atoms. The van der Waals surface area contributed by atoms with Crippen LogP contribution in [-0.4, -0.2) is 19.3 Å². The van der Waals surface area contributed by atoms with Gasteiger partial charge in [-0.15, -0.1) is 0 Å². The lowest BCUT2D eigenvalue weighted by Crippen LogP contribution is -2.28. The fourth-order valence-electron chi connectivity index (χ4n) is 2.61. The van der Waals surface area contributed by atoms with Gasteiger partial charge < -0.3 is 5.73 Å². The largest absolute Gasteiger partial charge is 0.369 e. The molecule has 0 amide bonds. The summed E-state index contributed by atoms with van der Waals surface area (Å²) in [5.41, 5.74) is 8.88. The zero-order valence-corrected chi connectivity index (χ0v) is 11.3. The van der Waals surface area contributed by atoms with Gasteiger partial charge in [-0.1, -0.05) is 13.3 Å². The first-order chi connectivity index (χ1) is 7.88. The number of hydrogen-bond acceptors (Lipinski definition) is 3. The number of hydrogen-bond donors (Lipinski definition) is 1. The van der Waals surface area contributed by atoms with Gasteiger partial charge in [-0.2, -0.15) is 5.10 Å². The van der Waals surface area contributed by atoms with Gasteiger partial charge in [-0.05, 0) is 27.2 Å². The minimum atomic E-state index is -0.0339. The van der Waals surface area contributed by atoms with Crippen LogP contribution >= 0.6 is 0 Å². The molecule has 0 atom stereocenters. The number of anilines is 1. The highest BCUT2D eigenvalue weighted by Gasteiger charge is 2.27. The van der Waals surface area contributed by atoms with Gasteiger partial charge in [-0.25, -0.2) is 4.98 Å². The van der Waals surface area contributed by atoms with E-state index in [4.69, 9.17) is 5.73 Å². The molecule has 5 nitrogen and oxygen atoms in total. The standard InChI is InChI=1S/C12H21N5/c1-6-7-12(3,4)17-10-9(14-11(17)13)8(2)15-16(10)5/h6-7H2,1-5H3,(H2,13,14). The fraction of sp³-hybridized carbons (Fsp3) is 0.667. The van der Waals surface area contributed by atoms with Crippen molar-refractivity contribution in [1.29, 1.82) is 0 Å². The predicted octanol–water partition coefficient (Wildman–Crippen LogP) is 2.20. The first kappa shape index (κ1) is 12.0. The molecule has 2 N–H and O–H groups in total. The number of nitrogens with zero attached hydrogens (tertiary/aromatic N) is 4. The van der Waals surface area contributed by atoms with Gasteiger partial charge in [0.1, 0.15) is 5.52 Å². The van der Waals surface area contributed by atoms with Crippen LogP contribution in [0, 0.1) is 6.92 Å². The first-order valence-electron chi connectivity index (χ1n) is 6.06. The number of nitrogen functional groups attached to an aromatic ring is 1. The van der Waals surface area contributed by atoms with Crippen LogP contribution in [-0.2, 0) is 12.6 Å². The number of aromatic nitrogens is 4. The SMILES string of the molecule is CCCC(C)(C)n1c(N)nc2c(C)nn(C)c21. The Morgan fingerprint density at radius 3 is 2.59 bits per heavy atom. The number of imidazole rings is 1. The molecule has 2 aromatic rings. The van der Waals surface area contributed by atoms with Crippen LogP contribution in [0.1, 0.15) is 39.3 Å². The Balaban J connectivity index is 2.72. The molecule has 0 aromatic carbocycles. The lowest BCUT2D eigenvalue weighted by Gasteiger charge is -2.27. The van der Waals surface area contributed by atoms with Crippen LogP contribution < -0.4 is 5.73 Å². The molecule has 0 aliphatic heterocycles. The maximum absolute atomic E-state index is 6.06. The summed E-state index contributed by atoms with van der Waals surface area (Å²) in [5, 5.41) is 4.40. The van der Waals surface area contributed by atoms with E-state index in [-0.39, 0.29) is 5.54 Å². The Hall–Kier alpha value is -1.52. The molecule has 0 saturated heterocycles. The lowest BCUT2D eigenvalue weighted by molar-refractivity contribution is 0.334. The molecule has 5 heteroatoms.